The van der Waals surface area contributed by atoms with Gasteiger partial charge in [-0.05, 0) is 72.8 Å². The fourth-order valence-electron chi connectivity index (χ4n) is 3.85. The van der Waals surface area contributed by atoms with E-state index in [2.05, 4.69) is 9.80 Å². The second-order valence-electron chi connectivity index (χ2n) is 8.09. The number of piperazine rings is 1. The number of hydrogen-bond donors (Lipinski definition) is 1. The first kappa shape index (κ1) is 23.2. The lowest BCUT2D eigenvalue weighted by molar-refractivity contribution is 0.0663. The van der Waals surface area contributed by atoms with E-state index in [9.17, 15) is 14.3 Å². The lowest BCUT2D eigenvalue weighted by atomic mass is 10.0. The van der Waals surface area contributed by atoms with Crippen LogP contribution in [0.1, 0.15) is 15.9 Å². The molecule has 1 aliphatic rings. The highest BCUT2D eigenvalue weighted by Gasteiger charge is 2.20. The van der Waals surface area contributed by atoms with Crippen LogP contribution < -0.4 is 9.64 Å². The summed E-state index contributed by atoms with van der Waals surface area (Å²) in [5.74, 6) is 0.0221. The van der Waals surface area contributed by atoms with Crippen molar-refractivity contribution >= 4 is 23.1 Å². The number of hydrogen-bond acceptors (Lipinski definition) is 5. The number of aliphatic hydroxyl groups is 1. The van der Waals surface area contributed by atoms with E-state index >= 15 is 0 Å². The first-order valence-corrected chi connectivity index (χ1v) is 11.3. The summed E-state index contributed by atoms with van der Waals surface area (Å²) in [5, 5.41) is 11.1. The number of ketones is 1. The minimum absolute atomic E-state index is 0.169. The molecule has 1 N–H and O–H groups in total. The highest BCUT2D eigenvalue weighted by atomic mass is 35.5. The Labute approximate surface area is 198 Å². The SMILES string of the molecule is O=C(c1ccc(F)cc1)c1ccc(OCC(O)CN2CCN(c3ccc(Cl)cc3)CC2)cc1. The van der Waals surface area contributed by atoms with Gasteiger partial charge in [-0.1, -0.05) is 11.6 Å². The van der Waals surface area contributed by atoms with Gasteiger partial charge in [-0.3, -0.25) is 9.69 Å². The quantitative estimate of drug-likeness (QED) is 0.500. The standard InChI is InChI=1S/C26H26ClFN2O3/c27-21-5-9-23(10-6-21)30-15-13-29(14-16-30)17-24(31)18-33-25-11-3-20(4-12-25)26(32)19-1-7-22(28)8-2-19/h1-12,24,31H,13-18H2. The summed E-state index contributed by atoms with van der Waals surface area (Å²) in [5.41, 5.74) is 2.08. The molecule has 1 atom stereocenters. The van der Waals surface area contributed by atoms with Crippen molar-refractivity contribution < 1.29 is 19.0 Å². The molecular weight excluding hydrogens is 443 g/mol. The third kappa shape index (κ3) is 6.32. The Bertz CT molecular complexity index is 1050. The number of aliphatic hydroxyl groups excluding tert-OH is 1. The number of benzene rings is 3. The van der Waals surface area contributed by atoms with E-state index in [-0.39, 0.29) is 18.2 Å². The second-order valence-corrected chi connectivity index (χ2v) is 8.53. The molecule has 0 saturated carbocycles. The molecule has 0 amide bonds. The first-order valence-electron chi connectivity index (χ1n) is 10.9. The van der Waals surface area contributed by atoms with E-state index in [1.807, 2.05) is 24.3 Å². The molecular formula is C26H26ClFN2O3. The van der Waals surface area contributed by atoms with Gasteiger partial charge in [0, 0.05) is 54.6 Å². The number of rotatable bonds is 8. The Kier molecular flexibility index (Phi) is 7.60. The fraction of sp³-hybridized carbons (Fsp3) is 0.269. The van der Waals surface area contributed by atoms with Gasteiger partial charge < -0.3 is 14.7 Å². The van der Waals surface area contributed by atoms with Crippen LogP contribution in [0.15, 0.2) is 72.8 Å². The molecule has 1 heterocycles. The molecule has 33 heavy (non-hydrogen) atoms. The molecule has 1 unspecified atom stereocenters. The van der Waals surface area contributed by atoms with Crippen LogP contribution in [0.25, 0.3) is 0 Å². The van der Waals surface area contributed by atoms with Crippen LogP contribution in [-0.4, -0.2) is 61.2 Å². The molecule has 172 valence electrons. The number of β-amino-alcohol motifs (C(OH)–C–C–N with tert-alkyl or cyclic N) is 1. The van der Waals surface area contributed by atoms with Crippen LogP contribution in [-0.2, 0) is 0 Å². The molecule has 0 spiro atoms. The summed E-state index contributed by atoms with van der Waals surface area (Å²) in [6, 6.07) is 20.1. The number of ether oxygens (including phenoxy) is 1. The highest BCUT2D eigenvalue weighted by molar-refractivity contribution is 6.30. The maximum atomic E-state index is 13.0. The molecule has 1 aliphatic heterocycles. The highest BCUT2D eigenvalue weighted by Crippen LogP contribution is 2.20. The summed E-state index contributed by atoms with van der Waals surface area (Å²) >= 11 is 5.96. The topological polar surface area (TPSA) is 53.0 Å². The molecule has 0 aromatic heterocycles. The van der Waals surface area contributed by atoms with E-state index in [4.69, 9.17) is 16.3 Å². The molecule has 4 rings (SSSR count). The third-order valence-electron chi connectivity index (χ3n) is 5.70. The number of nitrogens with zero attached hydrogens (tertiary/aromatic N) is 2. The van der Waals surface area contributed by atoms with Gasteiger partial charge in [0.15, 0.2) is 5.78 Å². The molecule has 0 bridgehead atoms. The molecule has 0 radical (unpaired) electrons. The van der Waals surface area contributed by atoms with E-state index in [0.717, 1.165) is 36.9 Å². The van der Waals surface area contributed by atoms with Gasteiger partial charge >= 0.3 is 0 Å². The normalized spacial score (nSPS) is 15.3. The predicted molar refractivity (Wildman–Crippen MR) is 128 cm³/mol. The number of carbonyl (C=O) groups is 1. The fourth-order valence-corrected chi connectivity index (χ4v) is 3.98. The Hall–Kier alpha value is -2.93. The maximum absolute atomic E-state index is 13.0. The molecule has 5 nitrogen and oxygen atoms in total. The van der Waals surface area contributed by atoms with Crippen molar-refractivity contribution in [1.82, 2.24) is 4.90 Å². The molecule has 3 aromatic carbocycles. The molecule has 1 saturated heterocycles. The number of carbonyl (C=O) groups excluding carboxylic acids is 1. The van der Waals surface area contributed by atoms with Crippen molar-refractivity contribution in [1.29, 1.82) is 0 Å². The molecule has 3 aromatic rings. The maximum Gasteiger partial charge on any atom is 0.193 e. The number of halogens is 2. The van der Waals surface area contributed by atoms with Gasteiger partial charge in [0.05, 0.1) is 0 Å². The van der Waals surface area contributed by atoms with Crippen molar-refractivity contribution in [3.63, 3.8) is 0 Å². The van der Waals surface area contributed by atoms with Crippen molar-refractivity contribution in [2.75, 3.05) is 44.2 Å². The summed E-state index contributed by atoms with van der Waals surface area (Å²) < 4.78 is 18.8. The van der Waals surface area contributed by atoms with Crippen molar-refractivity contribution in [3.05, 3.63) is 94.8 Å². The van der Waals surface area contributed by atoms with E-state index < -0.39 is 6.10 Å². The van der Waals surface area contributed by atoms with Gasteiger partial charge in [0.1, 0.15) is 24.3 Å². The monoisotopic (exact) mass is 468 g/mol. The van der Waals surface area contributed by atoms with Crippen molar-refractivity contribution in [2.24, 2.45) is 0 Å². The van der Waals surface area contributed by atoms with Crippen LogP contribution in [0.4, 0.5) is 10.1 Å². The Morgan fingerprint density at radius 3 is 2.09 bits per heavy atom. The van der Waals surface area contributed by atoms with Crippen LogP contribution in [0, 0.1) is 5.82 Å². The average Bonchev–Trinajstić information content (AvgIpc) is 2.84. The van der Waals surface area contributed by atoms with Gasteiger partial charge in [-0.25, -0.2) is 4.39 Å². The molecule has 1 fully saturated rings. The Morgan fingerprint density at radius 2 is 1.48 bits per heavy atom. The summed E-state index contributed by atoms with van der Waals surface area (Å²) in [7, 11) is 0. The van der Waals surface area contributed by atoms with Crippen LogP contribution >= 0.6 is 11.6 Å². The van der Waals surface area contributed by atoms with E-state index in [0.29, 0.717) is 23.4 Å². The Morgan fingerprint density at radius 1 is 0.909 bits per heavy atom. The van der Waals surface area contributed by atoms with Gasteiger partial charge in [-0.2, -0.15) is 0 Å². The minimum atomic E-state index is -0.618. The van der Waals surface area contributed by atoms with Gasteiger partial charge in [0.25, 0.3) is 0 Å². The van der Waals surface area contributed by atoms with Gasteiger partial charge in [0.2, 0.25) is 0 Å². The lowest BCUT2D eigenvalue weighted by Gasteiger charge is -2.36. The molecule has 7 heteroatoms. The smallest absolute Gasteiger partial charge is 0.193 e. The summed E-state index contributed by atoms with van der Waals surface area (Å²) in [6.07, 6.45) is -0.618. The summed E-state index contributed by atoms with van der Waals surface area (Å²) in [6.45, 7) is 4.20. The largest absolute Gasteiger partial charge is 0.491 e. The van der Waals surface area contributed by atoms with E-state index in [1.54, 1.807) is 24.3 Å². The zero-order valence-electron chi connectivity index (χ0n) is 18.2. The average molecular weight is 469 g/mol. The minimum Gasteiger partial charge on any atom is -0.491 e. The van der Waals surface area contributed by atoms with Crippen LogP contribution in [0.5, 0.6) is 5.75 Å². The zero-order valence-corrected chi connectivity index (χ0v) is 18.9. The second kappa shape index (κ2) is 10.8. The number of anilines is 1. The predicted octanol–water partition coefficient (Wildman–Crippen LogP) is 4.27. The van der Waals surface area contributed by atoms with E-state index in [1.165, 1.54) is 24.3 Å². The third-order valence-corrected chi connectivity index (χ3v) is 5.95. The zero-order chi connectivity index (χ0) is 23.2. The molecule has 0 aliphatic carbocycles. The first-order chi connectivity index (χ1) is 16.0. The van der Waals surface area contributed by atoms with Crippen LogP contribution in [0.2, 0.25) is 5.02 Å². The van der Waals surface area contributed by atoms with Crippen molar-refractivity contribution in [3.8, 4) is 5.75 Å². The summed E-state index contributed by atoms with van der Waals surface area (Å²) in [4.78, 5) is 17.0. The van der Waals surface area contributed by atoms with Crippen LogP contribution in [0.3, 0.4) is 0 Å². The van der Waals surface area contributed by atoms with Gasteiger partial charge in [-0.15, -0.1) is 0 Å². The lowest BCUT2D eigenvalue weighted by Crippen LogP contribution is -2.49. The van der Waals surface area contributed by atoms with Crippen molar-refractivity contribution in [2.45, 2.75) is 6.10 Å². The Balaban J connectivity index is 1.21.